The maximum absolute atomic E-state index is 13.1. The summed E-state index contributed by atoms with van der Waals surface area (Å²) < 4.78 is 16.5. The predicted molar refractivity (Wildman–Crippen MR) is 98.2 cm³/mol. The molecule has 4 aromatic rings. The number of aryl methyl sites for hydroxylation is 1. The van der Waals surface area contributed by atoms with Crippen molar-refractivity contribution in [2.24, 2.45) is 0 Å². The summed E-state index contributed by atoms with van der Waals surface area (Å²) in [5, 5.41) is 0.445. The minimum atomic E-state index is -0.414. The largest absolute Gasteiger partial charge is 0.467 e. The summed E-state index contributed by atoms with van der Waals surface area (Å²) in [6, 6.07) is 13.6. The normalized spacial score (nSPS) is 11.0. The van der Waals surface area contributed by atoms with Gasteiger partial charge in [-0.25, -0.2) is 0 Å². The quantitative estimate of drug-likeness (QED) is 0.533. The van der Waals surface area contributed by atoms with E-state index in [2.05, 4.69) is 0 Å². The van der Waals surface area contributed by atoms with E-state index in [0.717, 1.165) is 5.56 Å². The van der Waals surface area contributed by atoms with Gasteiger partial charge in [0.2, 0.25) is 0 Å². The lowest BCUT2D eigenvalue weighted by Crippen LogP contribution is -2.30. The van der Waals surface area contributed by atoms with Gasteiger partial charge in [-0.1, -0.05) is 6.07 Å². The van der Waals surface area contributed by atoms with Crippen LogP contribution in [-0.4, -0.2) is 10.8 Å². The molecule has 0 aliphatic carbocycles. The Morgan fingerprint density at radius 1 is 0.963 bits per heavy atom. The second-order valence-electron chi connectivity index (χ2n) is 6.29. The number of carbonyl (C=O) groups excluding carboxylic acids is 1. The topological polar surface area (TPSA) is 76.8 Å². The summed E-state index contributed by atoms with van der Waals surface area (Å²) in [7, 11) is 0. The van der Waals surface area contributed by atoms with Crippen LogP contribution in [0.3, 0.4) is 0 Å². The number of hydrogen-bond acceptors (Lipinski definition) is 5. The van der Waals surface area contributed by atoms with Crippen molar-refractivity contribution in [3.05, 3.63) is 94.1 Å². The van der Waals surface area contributed by atoms with Crippen LogP contribution in [0.2, 0.25) is 0 Å². The Labute approximate surface area is 154 Å². The first-order valence-electron chi connectivity index (χ1n) is 8.49. The van der Waals surface area contributed by atoms with Gasteiger partial charge in [0.05, 0.1) is 31.0 Å². The molecule has 0 saturated carbocycles. The Kier molecular flexibility index (Phi) is 4.38. The van der Waals surface area contributed by atoms with E-state index in [4.69, 9.17) is 13.3 Å². The molecule has 0 unspecified atom stereocenters. The molecule has 0 aliphatic heterocycles. The third-order valence-electron chi connectivity index (χ3n) is 4.24. The Balaban J connectivity index is 1.71. The molecule has 1 amide bonds. The van der Waals surface area contributed by atoms with Crippen LogP contribution in [-0.2, 0) is 13.1 Å². The van der Waals surface area contributed by atoms with Gasteiger partial charge in [0.1, 0.15) is 17.1 Å². The third-order valence-corrected chi connectivity index (χ3v) is 4.24. The Morgan fingerprint density at radius 3 is 2.22 bits per heavy atom. The molecule has 3 heterocycles. The number of hydrogen-bond donors (Lipinski definition) is 0. The van der Waals surface area contributed by atoms with Crippen LogP contribution in [0.1, 0.15) is 27.6 Å². The first kappa shape index (κ1) is 16.9. The van der Waals surface area contributed by atoms with Gasteiger partial charge in [-0.2, -0.15) is 0 Å². The van der Waals surface area contributed by atoms with Gasteiger partial charge in [0.15, 0.2) is 11.2 Å². The summed E-state index contributed by atoms with van der Waals surface area (Å²) >= 11 is 0. The number of rotatable bonds is 5. The van der Waals surface area contributed by atoms with Gasteiger partial charge in [0, 0.05) is 6.07 Å². The van der Waals surface area contributed by atoms with Gasteiger partial charge in [-0.3, -0.25) is 9.59 Å². The molecule has 6 heteroatoms. The predicted octanol–water partition coefficient (Wildman–Crippen LogP) is 4.13. The molecule has 3 aromatic heterocycles. The summed E-state index contributed by atoms with van der Waals surface area (Å²) in [5.41, 5.74) is 1.08. The minimum Gasteiger partial charge on any atom is -0.467 e. The number of amides is 1. The van der Waals surface area contributed by atoms with Crippen LogP contribution >= 0.6 is 0 Å². The smallest absolute Gasteiger partial charge is 0.290 e. The van der Waals surface area contributed by atoms with Crippen molar-refractivity contribution in [2.45, 2.75) is 20.0 Å². The fraction of sp³-hybridized carbons (Fsp3) is 0.143. The molecule has 0 fully saturated rings. The number of furan rings is 2. The molecule has 4 rings (SSSR count). The van der Waals surface area contributed by atoms with Crippen molar-refractivity contribution in [2.75, 3.05) is 0 Å². The monoisotopic (exact) mass is 363 g/mol. The highest BCUT2D eigenvalue weighted by Crippen LogP contribution is 2.18. The zero-order valence-electron chi connectivity index (χ0n) is 14.7. The van der Waals surface area contributed by atoms with E-state index in [9.17, 15) is 9.59 Å². The molecular formula is C21H17NO5. The second-order valence-corrected chi connectivity index (χ2v) is 6.29. The maximum Gasteiger partial charge on any atom is 0.290 e. The Morgan fingerprint density at radius 2 is 1.63 bits per heavy atom. The fourth-order valence-electron chi connectivity index (χ4n) is 2.90. The van der Waals surface area contributed by atoms with Crippen molar-refractivity contribution in [3.63, 3.8) is 0 Å². The molecule has 0 bridgehead atoms. The molecule has 27 heavy (non-hydrogen) atoms. The summed E-state index contributed by atoms with van der Waals surface area (Å²) in [6.07, 6.45) is 3.09. The molecule has 0 N–H and O–H groups in total. The van der Waals surface area contributed by atoms with Crippen LogP contribution in [0.15, 0.2) is 79.1 Å². The van der Waals surface area contributed by atoms with E-state index < -0.39 is 5.91 Å². The zero-order valence-corrected chi connectivity index (χ0v) is 14.7. The van der Waals surface area contributed by atoms with Crippen molar-refractivity contribution < 1.29 is 18.0 Å². The van der Waals surface area contributed by atoms with Crippen LogP contribution in [0.5, 0.6) is 0 Å². The van der Waals surface area contributed by atoms with Gasteiger partial charge >= 0.3 is 0 Å². The second kappa shape index (κ2) is 6.99. The number of nitrogens with zero attached hydrogens (tertiary/aromatic N) is 1. The third kappa shape index (κ3) is 3.55. The summed E-state index contributed by atoms with van der Waals surface area (Å²) in [6.45, 7) is 2.35. The van der Waals surface area contributed by atoms with Gasteiger partial charge in [-0.15, -0.1) is 0 Å². The van der Waals surface area contributed by atoms with E-state index in [1.165, 1.54) is 11.0 Å². The van der Waals surface area contributed by atoms with Crippen LogP contribution in [0, 0.1) is 6.92 Å². The van der Waals surface area contributed by atoms with Crippen molar-refractivity contribution in [3.8, 4) is 0 Å². The fourth-order valence-corrected chi connectivity index (χ4v) is 2.90. The highest BCUT2D eigenvalue weighted by molar-refractivity contribution is 5.93. The van der Waals surface area contributed by atoms with Gasteiger partial charge < -0.3 is 18.2 Å². The standard InChI is InChI=1S/C21H17NO5/c1-14-6-7-17-18(23)11-20(27-19(17)10-14)21(24)22(12-15-4-2-8-25-15)13-16-5-3-9-26-16/h2-11H,12-13H2,1H3. The molecular weight excluding hydrogens is 346 g/mol. The van der Waals surface area contributed by atoms with E-state index in [0.29, 0.717) is 22.5 Å². The lowest BCUT2D eigenvalue weighted by molar-refractivity contribution is 0.0673. The Bertz CT molecular complexity index is 1090. The minimum absolute atomic E-state index is 0.0174. The molecule has 0 aliphatic rings. The molecule has 0 saturated heterocycles. The summed E-state index contributed by atoms with van der Waals surface area (Å²) in [5.74, 6) is 0.808. The highest BCUT2D eigenvalue weighted by Gasteiger charge is 2.22. The molecule has 6 nitrogen and oxygen atoms in total. The van der Waals surface area contributed by atoms with E-state index in [1.54, 1.807) is 48.9 Å². The molecule has 0 spiro atoms. The van der Waals surface area contributed by atoms with Crippen molar-refractivity contribution in [1.82, 2.24) is 4.90 Å². The molecule has 1 aromatic carbocycles. The van der Waals surface area contributed by atoms with E-state index in [1.807, 2.05) is 13.0 Å². The zero-order chi connectivity index (χ0) is 18.8. The van der Waals surface area contributed by atoms with Crippen LogP contribution in [0.25, 0.3) is 11.0 Å². The van der Waals surface area contributed by atoms with Crippen LogP contribution < -0.4 is 5.43 Å². The lowest BCUT2D eigenvalue weighted by Gasteiger charge is -2.20. The maximum atomic E-state index is 13.1. The average Bonchev–Trinajstić information content (AvgIpc) is 3.34. The van der Waals surface area contributed by atoms with Crippen LogP contribution in [0.4, 0.5) is 0 Å². The number of fused-ring (bicyclic) bond motifs is 1. The SMILES string of the molecule is Cc1ccc2c(=O)cc(C(=O)N(Cc3ccco3)Cc3ccco3)oc2c1. The van der Waals surface area contributed by atoms with Crippen molar-refractivity contribution >= 4 is 16.9 Å². The highest BCUT2D eigenvalue weighted by atomic mass is 16.4. The Hall–Kier alpha value is -3.54. The lowest BCUT2D eigenvalue weighted by atomic mass is 10.1. The van der Waals surface area contributed by atoms with Gasteiger partial charge in [0.25, 0.3) is 5.91 Å². The summed E-state index contributed by atoms with van der Waals surface area (Å²) in [4.78, 5) is 27.0. The van der Waals surface area contributed by atoms with Gasteiger partial charge in [-0.05, 0) is 48.9 Å². The molecule has 136 valence electrons. The molecule has 0 atom stereocenters. The first-order valence-corrected chi connectivity index (χ1v) is 8.49. The van der Waals surface area contributed by atoms with E-state index in [-0.39, 0.29) is 24.3 Å². The molecule has 0 radical (unpaired) electrons. The van der Waals surface area contributed by atoms with E-state index >= 15 is 0 Å². The first-order chi connectivity index (χ1) is 13.1. The van der Waals surface area contributed by atoms with Crippen molar-refractivity contribution in [1.29, 1.82) is 0 Å². The average molecular weight is 363 g/mol. The number of carbonyl (C=O) groups is 1. The number of benzene rings is 1.